The van der Waals surface area contributed by atoms with Crippen LogP contribution in [0, 0.1) is 23.7 Å². The highest BCUT2D eigenvalue weighted by molar-refractivity contribution is 9.10. The van der Waals surface area contributed by atoms with Crippen LogP contribution in [0.3, 0.4) is 0 Å². The second-order valence-electron chi connectivity index (χ2n) is 7.26. The highest BCUT2D eigenvalue weighted by Crippen LogP contribution is 2.58. The van der Waals surface area contributed by atoms with E-state index in [-0.39, 0.29) is 17.7 Å². The summed E-state index contributed by atoms with van der Waals surface area (Å²) >= 11 is 3.33. The number of hydrogen-bond donors (Lipinski definition) is 1. The van der Waals surface area contributed by atoms with Crippen LogP contribution >= 0.6 is 15.9 Å². The number of piperidine rings is 1. The Morgan fingerprint density at radius 1 is 1.17 bits per heavy atom. The fourth-order valence-electron chi connectivity index (χ4n) is 4.47. The standard InChI is InChI=1S/C18H22BrN3O2/c19-12-6-7-15(20-9-12)21-17(23)11-3-2-8-22(10-11)18(24)16-13-4-1-5-14(13)16/h6-7,9,11,13-14,16H,1-5,8,10H2,(H,20,21,23). The van der Waals surface area contributed by atoms with Crippen LogP contribution < -0.4 is 5.32 Å². The van der Waals surface area contributed by atoms with Crippen LogP contribution in [-0.4, -0.2) is 34.8 Å². The summed E-state index contributed by atoms with van der Waals surface area (Å²) in [5.41, 5.74) is 0. The number of pyridine rings is 1. The molecule has 0 bridgehead atoms. The number of likely N-dealkylation sites (tertiary alicyclic amines) is 1. The molecule has 4 rings (SSSR count). The Morgan fingerprint density at radius 3 is 2.67 bits per heavy atom. The molecule has 24 heavy (non-hydrogen) atoms. The van der Waals surface area contributed by atoms with Gasteiger partial charge in [0.25, 0.3) is 0 Å². The van der Waals surface area contributed by atoms with Crippen molar-refractivity contribution in [2.45, 2.75) is 32.1 Å². The van der Waals surface area contributed by atoms with Crippen LogP contribution in [-0.2, 0) is 9.59 Å². The van der Waals surface area contributed by atoms with Crippen LogP contribution in [0.2, 0.25) is 0 Å². The van der Waals surface area contributed by atoms with E-state index in [1.54, 1.807) is 12.3 Å². The number of carbonyl (C=O) groups excluding carboxylic acids is 2. The summed E-state index contributed by atoms with van der Waals surface area (Å²) < 4.78 is 0.880. The summed E-state index contributed by atoms with van der Waals surface area (Å²) in [5, 5.41) is 2.87. The van der Waals surface area contributed by atoms with E-state index < -0.39 is 0 Å². The SMILES string of the molecule is O=C(Nc1ccc(Br)cn1)C1CCCN(C(=O)C2C3CCCC32)C1. The van der Waals surface area contributed by atoms with Crippen LogP contribution in [0.25, 0.3) is 0 Å². The number of amides is 2. The number of anilines is 1. The van der Waals surface area contributed by atoms with E-state index in [1.165, 1.54) is 19.3 Å². The van der Waals surface area contributed by atoms with Gasteiger partial charge in [-0.05, 0) is 65.6 Å². The molecule has 2 amide bonds. The van der Waals surface area contributed by atoms with E-state index in [2.05, 4.69) is 26.2 Å². The number of hydrogen-bond acceptors (Lipinski definition) is 3. The summed E-state index contributed by atoms with van der Waals surface area (Å²) in [7, 11) is 0. The van der Waals surface area contributed by atoms with Gasteiger partial charge in [0.1, 0.15) is 5.82 Å². The normalized spacial score (nSPS) is 31.5. The predicted molar refractivity (Wildman–Crippen MR) is 94.2 cm³/mol. The Balaban J connectivity index is 1.35. The molecule has 5 nitrogen and oxygen atoms in total. The largest absolute Gasteiger partial charge is 0.342 e. The molecule has 3 unspecified atom stereocenters. The van der Waals surface area contributed by atoms with Gasteiger partial charge in [-0.25, -0.2) is 4.98 Å². The highest BCUT2D eigenvalue weighted by Gasteiger charge is 2.57. The van der Waals surface area contributed by atoms with Gasteiger partial charge in [0.15, 0.2) is 0 Å². The van der Waals surface area contributed by atoms with Crippen LogP contribution in [0.4, 0.5) is 5.82 Å². The summed E-state index contributed by atoms with van der Waals surface area (Å²) in [6.07, 6.45) is 7.12. The second-order valence-corrected chi connectivity index (χ2v) is 8.17. The van der Waals surface area contributed by atoms with E-state index in [9.17, 15) is 9.59 Å². The molecule has 1 N–H and O–H groups in total. The predicted octanol–water partition coefficient (Wildman–Crippen LogP) is 3.07. The van der Waals surface area contributed by atoms with Gasteiger partial charge in [0, 0.05) is 29.7 Å². The molecule has 0 aromatic carbocycles. The number of carbonyl (C=O) groups is 2. The second kappa shape index (κ2) is 6.47. The molecular formula is C18H22BrN3O2. The molecule has 3 aliphatic rings. The third-order valence-electron chi connectivity index (χ3n) is 5.77. The van der Waals surface area contributed by atoms with Crippen molar-refractivity contribution in [2.24, 2.45) is 23.7 Å². The van der Waals surface area contributed by atoms with E-state index in [0.717, 1.165) is 23.9 Å². The molecule has 6 heteroatoms. The fraction of sp³-hybridized carbons (Fsp3) is 0.611. The fourth-order valence-corrected chi connectivity index (χ4v) is 4.70. The number of nitrogens with zero attached hydrogens (tertiary/aromatic N) is 2. The number of fused-ring (bicyclic) bond motifs is 1. The van der Waals surface area contributed by atoms with Gasteiger partial charge in [-0.15, -0.1) is 0 Å². The average Bonchev–Trinajstić information content (AvgIpc) is 3.07. The Kier molecular flexibility index (Phi) is 4.33. The molecule has 0 radical (unpaired) electrons. The Labute approximate surface area is 150 Å². The third-order valence-corrected chi connectivity index (χ3v) is 6.24. The molecular weight excluding hydrogens is 370 g/mol. The Morgan fingerprint density at radius 2 is 1.96 bits per heavy atom. The summed E-state index contributed by atoms with van der Waals surface area (Å²) in [6.45, 7) is 1.35. The smallest absolute Gasteiger partial charge is 0.230 e. The van der Waals surface area contributed by atoms with E-state index in [0.29, 0.717) is 30.1 Å². The molecule has 1 aromatic rings. The molecule has 1 saturated heterocycles. The third kappa shape index (κ3) is 3.08. The van der Waals surface area contributed by atoms with Gasteiger partial charge in [-0.1, -0.05) is 6.42 Å². The van der Waals surface area contributed by atoms with Crippen molar-refractivity contribution >= 4 is 33.6 Å². The molecule has 0 spiro atoms. The van der Waals surface area contributed by atoms with Crippen LogP contribution in [0.5, 0.6) is 0 Å². The zero-order valence-corrected chi connectivity index (χ0v) is 15.2. The first-order valence-electron chi connectivity index (χ1n) is 8.84. The van der Waals surface area contributed by atoms with Crippen molar-refractivity contribution in [1.82, 2.24) is 9.88 Å². The quantitative estimate of drug-likeness (QED) is 0.860. The maximum atomic E-state index is 12.7. The molecule has 3 fully saturated rings. The maximum absolute atomic E-state index is 12.7. The maximum Gasteiger partial charge on any atom is 0.230 e. The lowest BCUT2D eigenvalue weighted by Gasteiger charge is -2.32. The molecule has 2 aliphatic carbocycles. The Bertz CT molecular complexity index is 638. The number of aromatic nitrogens is 1. The molecule has 128 valence electrons. The minimum atomic E-state index is -0.133. The molecule has 1 aliphatic heterocycles. The van der Waals surface area contributed by atoms with Gasteiger partial charge < -0.3 is 10.2 Å². The van der Waals surface area contributed by atoms with Gasteiger partial charge in [0.05, 0.1) is 5.92 Å². The first-order valence-corrected chi connectivity index (χ1v) is 9.64. The van der Waals surface area contributed by atoms with Gasteiger partial charge >= 0.3 is 0 Å². The number of rotatable bonds is 3. The highest BCUT2D eigenvalue weighted by atomic mass is 79.9. The molecule has 3 atom stereocenters. The lowest BCUT2D eigenvalue weighted by Crippen LogP contribution is -2.44. The van der Waals surface area contributed by atoms with Crippen molar-refractivity contribution in [3.8, 4) is 0 Å². The summed E-state index contributed by atoms with van der Waals surface area (Å²) in [6, 6.07) is 3.63. The lowest BCUT2D eigenvalue weighted by atomic mass is 9.96. The minimum Gasteiger partial charge on any atom is -0.342 e. The first-order chi connectivity index (χ1) is 11.6. The van der Waals surface area contributed by atoms with Crippen LogP contribution in [0.15, 0.2) is 22.8 Å². The lowest BCUT2D eigenvalue weighted by molar-refractivity contribution is -0.136. The van der Waals surface area contributed by atoms with Crippen molar-refractivity contribution in [3.05, 3.63) is 22.8 Å². The topological polar surface area (TPSA) is 62.3 Å². The van der Waals surface area contributed by atoms with Crippen molar-refractivity contribution < 1.29 is 9.59 Å². The monoisotopic (exact) mass is 391 g/mol. The van der Waals surface area contributed by atoms with E-state index in [4.69, 9.17) is 0 Å². The number of nitrogens with one attached hydrogen (secondary N) is 1. The molecule has 1 aromatic heterocycles. The number of halogens is 1. The van der Waals surface area contributed by atoms with E-state index >= 15 is 0 Å². The molecule has 2 saturated carbocycles. The minimum absolute atomic E-state index is 0.0293. The van der Waals surface area contributed by atoms with Crippen molar-refractivity contribution in [1.29, 1.82) is 0 Å². The van der Waals surface area contributed by atoms with E-state index in [1.807, 2.05) is 11.0 Å². The van der Waals surface area contributed by atoms with Gasteiger partial charge in [-0.3, -0.25) is 9.59 Å². The van der Waals surface area contributed by atoms with Crippen LogP contribution in [0.1, 0.15) is 32.1 Å². The summed E-state index contributed by atoms with van der Waals surface area (Å²) in [4.78, 5) is 31.3. The van der Waals surface area contributed by atoms with Gasteiger partial charge in [-0.2, -0.15) is 0 Å². The van der Waals surface area contributed by atoms with Gasteiger partial charge in [0.2, 0.25) is 11.8 Å². The average molecular weight is 392 g/mol. The molecule has 2 heterocycles. The summed E-state index contributed by atoms with van der Waals surface area (Å²) in [5.74, 6) is 2.23. The Hall–Kier alpha value is -1.43. The van der Waals surface area contributed by atoms with Crippen molar-refractivity contribution in [2.75, 3.05) is 18.4 Å². The zero-order valence-electron chi connectivity index (χ0n) is 13.6. The zero-order chi connectivity index (χ0) is 16.7. The first kappa shape index (κ1) is 16.1. The van der Waals surface area contributed by atoms with Crippen molar-refractivity contribution in [3.63, 3.8) is 0 Å².